The fourth-order valence-corrected chi connectivity index (χ4v) is 6.04. The van der Waals surface area contributed by atoms with Gasteiger partial charge < -0.3 is 5.32 Å². The van der Waals surface area contributed by atoms with Gasteiger partial charge in [0.1, 0.15) is 4.90 Å². The molecule has 0 radical (unpaired) electrons. The standard InChI is InChI=1S/C12H14BrN3O2S3/c13-12-11(3-9(20-12)5-15-8-1-2-8)21(17,18)16-6-10-4-14-7-19-10/h3-4,7-8,15-16H,1-2,5-6H2. The Balaban J connectivity index is 1.68. The van der Waals surface area contributed by atoms with Crippen molar-refractivity contribution in [1.29, 1.82) is 0 Å². The summed E-state index contributed by atoms with van der Waals surface area (Å²) in [5.41, 5.74) is 1.69. The molecule has 1 fully saturated rings. The van der Waals surface area contributed by atoms with Crippen molar-refractivity contribution < 1.29 is 8.42 Å². The molecule has 3 rings (SSSR count). The lowest BCUT2D eigenvalue weighted by atomic mass is 10.4. The summed E-state index contributed by atoms with van der Waals surface area (Å²) in [6, 6.07) is 2.34. The van der Waals surface area contributed by atoms with Crippen LogP contribution in [0.5, 0.6) is 0 Å². The van der Waals surface area contributed by atoms with Crippen LogP contribution in [0, 0.1) is 0 Å². The highest BCUT2D eigenvalue weighted by atomic mass is 79.9. The van der Waals surface area contributed by atoms with Crippen molar-refractivity contribution in [2.45, 2.75) is 36.9 Å². The summed E-state index contributed by atoms with van der Waals surface area (Å²) < 4.78 is 27.9. The predicted molar refractivity (Wildman–Crippen MR) is 88.0 cm³/mol. The van der Waals surface area contributed by atoms with Gasteiger partial charge in [-0.25, -0.2) is 13.1 Å². The molecule has 1 aliphatic rings. The minimum absolute atomic E-state index is 0.269. The second-order valence-corrected chi connectivity index (χ2v) is 9.96. The number of thiophene rings is 1. The molecule has 2 N–H and O–H groups in total. The van der Waals surface area contributed by atoms with Crippen LogP contribution in [-0.4, -0.2) is 19.4 Å². The quantitative estimate of drug-likeness (QED) is 0.739. The third-order valence-corrected chi connectivity index (χ3v) is 7.49. The molecule has 0 amide bonds. The van der Waals surface area contributed by atoms with E-state index in [1.807, 2.05) is 0 Å². The largest absolute Gasteiger partial charge is 0.309 e. The molecular weight excluding hydrogens is 394 g/mol. The highest BCUT2D eigenvalue weighted by Crippen LogP contribution is 2.32. The van der Waals surface area contributed by atoms with E-state index < -0.39 is 10.0 Å². The second-order valence-electron chi connectivity index (χ2n) is 4.80. The normalized spacial score (nSPS) is 15.5. The molecule has 0 unspecified atom stereocenters. The van der Waals surface area contributed by atoms with Crippen LogP contribution in [0.25, 0.3) is 0 Å². The van der Waals surface area contributed by atoms with E-state index >= 15 is 0 Å². The molecule has 0 bridgehead atoms. The summed E-state index contributed by atoms with van der Waals surface area (Å²) in [4.78, 5) is 6.15. The number of thiazole rings is 1. The topological polar surface area (TPSA) is 71.1 Å². The van der Waals surface area contributed by atoms with Gasteiger partial charge in [-0.05, 0) is 34.8 Å². The number of sulfonamides is 1. The van der Waals surface area contributed by atoms with Gasteiger partial charge in [0.15, 0.2) is 0 Å². The van der Waals surface area contributed by atoms with E-state index in [-0.39, 0.29) is 6.54 Å². The summed E-state index contributed by atoms with van der Waals surface area (Å²) >= 11 is 6.25. The zero-order chi connectivity index (χ0) is 14.9. The Bertz CT molecular complexity index is 708. The third kappa shape index (κ3) is 4.11. The van der Waals surface area contributed by atoms with E-state index in [1.165, 1.54) is 35.5 Å². The summed E-state index contributed by atoms with van der Waals surface area (Å²) in [6.07, 6.45) is 4.10. The van der Waals surface area contributed by atoms with Gasteiger partial charge in [-0.2, -0.15) is 0 Å². The van der Waals surface area contributed by atoms with Gasteiger partial charge in [-0.1, -0.05) is 0 Å². The maximum Gasteiger partial charge on any atom is 0.242 e. The molecule has 0 aliphatic heterocycles. The van der Waals surface area contributed by atoms with Crippen LogP contribution in [0.15, 0.2) is 26.5 Å². The Morgan fingerprint density at radius 2 is 2.14 bits per heavy atom. The molecule has 2 heterocycles. The fourth-order valence-electron chi connectivity index (χ4n) is 1.77. The first-order valence-corrected chi connectivity index (χ1v) is 10.4. The Morgan fingerprint density at radius 1 is 1.33 bits per heavy atom. The van der Waals surface area contributed by atoms with Crippen molar-refractivity contribution >= 4 is 48.6 Å². The molecule has 0 saturated heterocycles. The molecule has 114 valence electrons. The molecule has 0 atom stereocenters. The van der Waals surface area contributed by atoms with Crippen LogP contribution < -0.4 is 10.0 Å². The average Bonchev–Trinajstić information content (AvgIpc) is 2.97. The Morgan fingerprint density at radius 3 is 2.81 bits per heavy atom. The summed E-state index contributed by atoms with van der Waals surface area (Å²) in [6.45, 7) is 0.989. The van der Waals surface area contributed by atoms with Gasteiger partial charge in [0, 0.05) is 35.1 Å². The molecule has 0 aromatic carbocycles. The number of halogens is 1. The van der Waals surface area contributed by atoms with Crippen molar-refractivity contribution in [2.75, 3.05) is 0 Å². The number of aromatic nitrogens is 1. The first kappa shape index (κ1) is 15.6. The summed E-state index contributed by atoms with van der Waals surface area (Å²) in [5.74, 6) is 0. The first-order valence-electron chi connectivity index (χ1n) is 6.43. The Hall–Kier alpha value is -0.320. The minimum Gasteiger partial charge on any atom is -0.309 e. The van der Waals surface area contributed by atoms with Crippen molar-refractivity contribution in [2.24, 2.45) is 0 Å². The molecule has 2 aromatic heterocycles. The lowest BCUT2D eigenvalue weighted by Crippen LogP contribution is -2.22. The monoisotopic (exact) mass is 407 g/mol. The molecule has 0 spiro atoms. The van der Waals surface area contributed by atoms with E-state index in [9.17, 15) is 8.42 Å². The van der Waals surface area contributed by atoms with Crippen molar-refractivity contribution in [1.82, 2.24) is 15.0 Å². The van der Waals surface area contributed by atoms with E-state index in [1.54, 1.807) is 17.8 Å². The van der Waals surface area contributed by atoms with Crippen molar-refractivity contribution in [3.63, 3.8) is 0 Å². The maximum absolute atomic E-state index is 12.3. The highest BCUT2D eigenvalue weighted by Gasteiger charge is 2.23. The molecule has 5 nitrogen and oxygen atoms in total. The predicted octanol–water partition coefficient (Wildman–Crippen LogP) is 2.70. The van der Waals surface area contributed by atoms with Crippen LogP contribution in [0.3, 0.4) is 0 Å². The van der Waals surface area contributed by atoms with Crippen LogP contribution in [0.2, 0.25) is 0 Å². The molecular formula is C12H14BrN3O2S3. The smallest absolute Gasteiger partial charge is 0.242 e. The van der Waals surface area contributed by atoms with Gasteiger partial charge in [0.25, 0.3) is 0 Å². The Kier molecular flexibility index (Phi) is 4.77. The van der Waals surface area contributed by atoms with Crippen LogP contribution in [-0.2, 0) is 23.1 Å². The number of rotatable bonds is 7. The summed E-state index contributed by atoms with van der Waals surface area (Å²) in [5, 5.41) is 3.39. The van der Waals surface area contributed by atoms with Crippen molar-refractivity contribution in [3.05, 3.63) is 31.3 Å². The zero-order valence-electron chi connectivity index (χ0n) is 11.0. The molecule has 9 heteroatoms. The number of nitrogens with zero attached hydrogens (tertiary/aromatic N) is 1. The van der Waals surface area contributed by atoms with E-state index in [4.69, 9.17) is 0 Å². The Labute approximate surface area is 140 Å². The number of nitrogens with one attached hydrogen (secondary N) is 2. The van der Waals surface area contributed by atoms with Crippen molar-refractivity contribution in [3.8, 4) is 0 Å². The summed E-state index contributed by atoms with van der Waals surface area (Å²) in [7, 11) is -3.50. The third-order valence-electron chi connectivity index (χ3n) is 3.06. The molecule has 1 aliphatic carbocycles. The lowest BCUT2D eigenvalue weighted by molar-refractivity contribution is 0.581. The van der Waals surface area contributed by atoms with E-state index in [2.05, 4.69) is 31.0 Å². The lowest BCUT2D eigenvalue weighted by Gasteiger charge is -2.03. The van der Waals surface area contributed by atoms with Crippen LogP contribution in [0.1, 0.15) is 22.6 Å². The average molecular weight is 408 g/mol. The molecule has 2 aromatic rings. The second kappa shape index (κ2) is 6.43. The number of hydrogen-bond donors (Lipinski definition) is 2. The van der Waals surface area contributed by atoms with Crippen LogP contribution >= 0.6 is 38.6 Å². The van der Waals surface area contributed by atoms with E-state index in [0.717, 1.165) is 16.3 Å². The van der Waals surface area contributed by atoms with Gasteiger partial charge in [-0.15, -0.1) is 22.7 Å². The van der Waals surface area contributed by atoms with Gasteiger partial charge >= 0.3 is 0 Å². The fraction of sp³-hybridized carbons (Fsp3) is 0.417. The maximum atomic E-state index is 12.3. The van der Waals surface area contributed by atoms with E-state index in [0.29, 0.717) is 14.7 Å². The van der Waals surface area contributed by atoms with Crippen LogP contribution in [0.4, 0.5) is 0 Å². The molecule has 1 saturated carbocycles. The molecule has 21 heavy (non-hydrogen) atoms. The minimum atomic E-state index is -3.50. The van der Waals surface area contributed by atoms with Gasteiger partial charge in [-0.3, -0.25) is 4.98 Å². The van der Waals surface area contributed by atoms with Gasteiger partial charge in [0.05, 0.1) is 9.30 Å². The first-order chi connectivity index (χ1) is 10.0. The highest BCUT2D eigenvalue weighted by molar-refractivity contribution is 9.11. The number of hydrogen-bond acceptors (Lipinski definition) is 6. The van der Waals surface area contributed by atoms with Gasteiger partial charge in [0.2, 0.25) is 10.0 Å². The SMILES string of the molecule is O=S(=O)(NCc1cncs1)c1cc(CNC2CC2)sc1Br. The zero-order valence-corrected chi connectivity index (χ0v) is 15.0.